The Balaban J connectivity index is 1.24. The highest BCUT2D eigenvalue weighted by Crippen LogP contribution is 2.46. The lowest BCUT2D eigenvalue weighted by Crippen LogP contribution is -2.44. The van der Waals surface area contributed by atoms with E-state index < -0.39 is 60.5 Å². The number of rotatable bonds is 8. The van der Waals surface area contributed by atoms with Gasteiger partial charge in [0.15, 0.2) is 0 Å². The summed E-state index contributed by atoms with van der Waals surface area (Å²) in [7, 11) is 0. The molecule has 1 aliphatic carbocycles. The van der Waals surface area contributed by atoms with Gasteiger partial charge in [0.1, 0.15) is 36.1 Å². The molecular weight excluding hydrogens is 590 g/mol. The van der Waals surface area contributed by atoms with Crippen molar-refractivity contribution in [1.82, 2.24) is 9.80 Å². The number of halogens is 7. The number of carboxylic acids is 1. The average Bonchev–Trinajstić information content (AvgIpc) is 3.69. The van der Waals surface area contributed by atoms with Crippen molar-refractivity contribution in [2.75, 3.05) is 26.2 Å². The van der Waals surface area contributed by atoms with Crippen molar-refractivity contribution < 1.29 is 45.8 Å². The molecule has 0 aromatic heterocycles. The average molecular weight is 619 g/mol. The monoisotopic (exact) mass is 618 g/mol. The maximum Gasteiger partial charge on any atom is 0.416 e. The van der Waals surface area contributed by atoms with Crippen LogP contribution >= 0.6 is 11.6 Å². The van der Waals surface area contributed by atoms with Gasteiger partial charge in [0, 0.05) is 37.1 Å². The summed E-state index contributed by atoms with van der Waals surface area (Å²) in [5, 5.41) is 9.55. The number of amides is 1. The van der Waals surface area contributed by atoms with Crippen LogP contribution in [0.1, 0.15) is 65.1 Å². The second-order valence-electron chi connectivity index (χ2n) is 11.3. The summed E-state index contributed by atoms with van der Waals surface area (Å²) in [6, 6.07) is 3.99. The van der Waals surface area contributed by atoms with Crippen LogP contribution in [0.2, 0.25) is 5.02 Å². The lowest BCUT2D eigenvalue weighted by Gasteiger charge is -2.36. The van der Waals surface area contributed by atoms with E-state index in [-0.39, 0.29) is 61.2 Å². The van der Waals surface area contributed by atoms with Crippen molar-refractivity contribution in [3.05, 3.63) is 63.4 Å². The molecule has 2 atom stereocenters. The molecule has 6 nitrogen and oxygen atoms in total. The maximum absolute atomic E-state index is 15.7. The number of alkyl halides is 5. The van der Waals surface area contributed by atoms with E-state index in [1.807, 2.05) is 0 Å². The highest BCUT2D eigenvalue weighted by atomic mass is 35.5. The number of ether oxygens (including phenoxy) is 1. The first-order chi connectivity index (χ1) is 19.7. The number of carbonyl (C=O) groups excluding carboxylic acids is 1. The summed E-state index contributed by atoms with van der Waals surface area (Å²) < 4.78 is 89.9. The van der Waals surface area contributed by atoms with Gasteiger partial charge in [0.2, 0.25) is 0 Å². The van der Waals surface area contributed by atoms with Crippen LogP contribution in [0.15, 0.2) is 30.3 Å². The molecule has 1 saturated carbocycles. The van der Waals surface area contributed by atoms with E-state index in [4.69, 9.17) is 16.3 Å². The zero-order chi connectivity index (χ0) is 30.4. The fourth-order valence-corrected chi connectivity index (χ4v) is 5.73. The van der Waals surface area contributed by atoms with Crippen LogP contribution in [0, 0.1) is 5.82 Å². The second-order valence-corrected chi connectivity index (χ2v) is 11.7. The largest absolute Gasteiger partial charge is 0.490 e. The molecule has 1 amide bonds. The van der Waals surface area contributed by atoms with Gasteiger partial charge in [-0.2, -0.15) is 13.2 Å². The summed E-state index contributed by atoms with van der Waals surface area (Å²) >= 11 is 6.11. The fourth-order valence-electron chi connectivity index (χ4n) is 5.55. The maximum atomic E-state index is 15.7. The fraction of sp³-hybridized carbons (Fsp3) is 0.517. The van der Waals surface area contributed by atoms with E-state index in [0.29, 0.717) is 11.1 Å². The summed E-state index contributed by atoms with van der Waals surface area (Å²) in [4.78, 5) is 27.2. The molecule has 228 valence electrons. The van der Waals surface area contributed by atoms with Crippen molar-refractivity contribution >= 4 is 23.5 Å². The molecule has 0 spiro atoms. The van der Waals surface area contributed by atoms with E-state index in [1.165, 1.54) is 12.1 Å². The number of hydrogen-bond acceptors (Lipinski definition) is 4. The Kier molecular flexibility index (Phi) is 8.41. The third-order valence-corrected chi connectivity index (χ3v) is 8.52. The highest BCUT2D eigenvalue weighted by Gasteiger charge is 2.42. The lowest BCUT2D eigenvalue weighted by molar-refractivity contribution is -0.141. The molecule has 2 aromatic carbocycles. The zero-order valence-electron chi connectivity index (χ0n) is 22.4. The number of carbonyl (C=O) groups is 2. The number of aliphatic carboxylic acids is 1. The van der Waals surface area contributed by atoms with Crippen molar-refractivity contribution in [1.29, 1.82) is 0 Å². The molecule has 5 rings (SSSR count). The summed E-state index contributed by atoms with van der Waals surface area (Å²) in [6.07, 6.45) is -4.87. The van der Waals surface area contributed by atoms with Gasteiger partial charge in [-0.3, -0.25) is 9.69 Å². The molecule has 42 heavy (non-hydrogen) atoms. The van der Waals surface area contributed by atoms with Crippen molar-refractivity contribution in [3.8, 4) is 5.75 Å². The molecule has 3 fully saturated rings. The van der Waals surface area contributed by atoms with Crippen LogP contribution in [0.4, 0.5) is 26.3 Å². The number of likely N-dealkylation sites (tertiary alicyclic amines) is 2. The number of piperidine rings is 1. The summed E-state index contributed by atoms with van der Waals surface area (Å²) in [5.74, 6) is -3.23. The van der Waals surface area contributed by atoms with Crippen LogP contribution in [0.25, 0.3) is 0 Å². The van der Waals surface area contributed by atoms with Gasteiger partial charge in [-0.05, 0) is 67.0 Å². The quantitative estimate of drug-likeness (QED) is 0.347. The van der Waals surface area contributed by atoms with Crippen molar-refractivity contribution in [2.45, 2.75) is 68.6 Å². The van der Waals surface area contributed by atoms with E-state index in [0.717, 1.165) is 35.9 Å². The molecule has 2 aromatic rings. The predicted molar refractivity (Wildman–Crippen MR) is 141 cm³/mol. The Morgan fingerprint density at radius 1 is 1.12 bits per heavy atom. The topological polar surface area (TPSA) is 70.1 Å². The number of hydrogen-bond donors (Lipinski definition) is 1. The first-order valence-electron chi connectivity index (χ1n) is 13.6. The second kappa shape index (κ2) is 11.6. The number of benzene rings is 2. The van der Waals surface area contributed by atoms with E-state index >= 15 is 8.78 Å². The van der Waals surface area contributed by atoms with Crippen molar-refractivity contribution in [2.24, 2.45) is 0 Å². The predicted octanol–water partition coefficient (Wildman–Crippen LogP) is 6.40. The molecule has 2 saturated heterocycles. The van der Waals surface area contributed by atoms with Gasteiger partial charge in [-0.1, -0.05) is 11.6 Å². The highest BCUT2D eigenvalue weighted by molar-refractivity contribution is 6.31. The minimum Gasteiger partial charge on any atom is -0.490 e. The van der Waals surface area contributed by atoms with Crippen LogP contribution in [-0.2, 0) is 17.5 Å². The molecule has 0 bridgehead atoms. The van der Waals surface area contributed by atoms with Gasteiger partial charge in [0.25, 0.3) is 5.91 Å². The molecule has 2 aliphatic heterocycles. The third-order valence-electron chi connectivity index (χ3n) is 8.15. The van der Waals surface area contributed by atoms with Crippen LogP contribution in [0.3, 0.4) is 0 Å². The van der Waals surface area contributed by atoms with Crippen molar-refractivity contribution in [3.63, 3.8) is 0 Å². The molecule has 2 unspecified atom stereocenters. The SMILES string of the molecule is O=C(O)C1CC(F)CN1C(=O)c1cc(C2CC2)c(OCC2(F)CCN(Cc3cc(C(F)(F)F)ccc3Cl)CC2)cc1F. The molecular formula is C29H29ClF6N2O4. The first-order valence-corrected chi connectivity index (χ1v) is 14.0. The Labute approximate surface area is 243 Å². The summed E-state index contributed by atoms with van der Waals surface area (Å²) in [5.41, 5.74) is -2.18. The van der Waals surface area contributed by atoms with Gasteiger partial charge in [-0.15, -0.1) is 0 Å². The van der Waals surface area contributed by atoms with E-state index in [2.05, 4.69) is 0 Å². The van der Waals surface area contributed by atoms with Gasteiger partial charge in [0.05, 0.1) is 17.7 Å². The number of carboxylic acid groups (broad SMARTS) is 1. The third kappa shape index (κ3) is 6.64. The van der Waals surface area contributed by atoms with E-state index in [1.54, 1.807) is 4.90 Å². The molecule has 1 N–H and O–H groups in total. The number of nitrogens with zero attached hydrogens (tertiary/aromatic N) is 2. The molecule has 13 heteroatoms. The van der Waals surface area contributed by atoms with Gasteiger partial charge < -0.3 is 14.7 Å². The molecule has 2 heterocycles. The van der Waals surface area contributed by atoms with Gasteiger partial charge in [-0.25, -0.2) is 18.0 Å². The van der Waals surface area contributed by atoms with Crippen LogP contribution in [0.5, 0.6) is 5.75 Å². The summed E-state index contributed by atoms with van der Waals surface area (Å²) in [6.45, 7) is -0.253. The molecule has 3 aliphatic rings. The minimum atomic E-state index is -4.51. The lowest BCUT2D eigenvalue weighted by atomic mass is 9.93. The Hall–Kier alpha value is -2.99. The van der Waals surface area contributed by atoms with Gasteiger partial charge >= 0.3 is 12.1 Å². The normalized spacial score (nSPS) is 22.8. The first kappa shape index (κ1) is 30.5. The Morgan fingerprint density at radius 3 is 2.43 bits per heavy atom. The van der Waals surface area contributed by atoms with Crippen LogP contribution in [-0.4, -0.2) is 70.9 Å². The Morgan fingerprint density at radius 2 is 1.81 bits per heavy atom. The molecule has 0 radical (unpaired) electrons. The standard InChI is InChI=1S/C29H29ClF6N2O4/c30-22-4-3-18(29(34,35)36)9-17(22)13-37-7-5-28(33,6-8-37)15-42-25-12-23(32)21(11-20(25)16-1-2-16)26(39)38-14-19(31)10-24(38)27(40)41/h3-4,9,11-12,16,19,24H,1-2,5-8,10,13-15H2,(H,40,41). The Bertz CT molecular complexity index is 1360. The smallest absolute Gasteiger partial charge is 0.416 e. The van der Waals surface area contributed by atoms with Crippen LogP contribution < -0.4 is 4.74 Å². The zero-order valence-corrected chi connectivity index (χ0v) is 23.2. The minimum absolute atomic E-state index is 0.0251. The van der Waals surface area contributed by atoms with E-state index in [9.17, 15) is 32.3 Å².